The van der Waals surface area contributed by atoms with Gasteiger partial charge in [0.2, 0.25) is 5.91 Å². The summed E-state index contributed by atoms with van der Waals surface area (Å²) in [4.78, 5) is 14.8. The minimum atomic E-state index is -0.209. The minimum Gasteiger partial charge on any atom is -0.355 e. The highest BCUT2D eigenvalue weighted by Crippen LogP contribution is 2.19. The number of nitrogens with zero attached hydrogens (tertiary/aromatic N) is 1. The van der Waals surface area contributed by atoms with Gasteiger partial charge in [-0.05, 0) is 42.6 Å². The normalized spacial score (nSPS) is 17.6. The van der Waals surface area contributed by atoms with E-state index in [1.165, 1.54) is 17.7 Å². The Kier molecular flexibility index (Phi) is 7.72. The predicted molar refractivity (Wildman–Crippen MR) is 110 cm³/mol. The summed E-state index contributed by atoms with van der Waals surface area (Å²) in [6.07, 6.45) is 1.98. The number of carbonyl (C=O) groups is 1. The van der Waals surface area contributed by atoms with Crippen LogP contribution < -0.4 is 5.32 Å². The van der Waals surface area contributed by atoms with Crippen molar-refractivity contribution in [3.63, 3.8) is 0 Å². The maximum atomic E-state index is 13.0. The number of hydrogen-bond donors (Lipinski definition) is 1. The lowest BCUT2D eigenvalue weighted by molar-refractivity contribution is -0.126. The first-order valence-electron chi connectivity index (χ1n) is 9.57. The van der Waals surface area contributed by atoms with Crippen LogP contribution >= 0.6 is 11.8 Å². The Labute approximate surface area is 165 Å². The second-order valence-electron chi connectivity index (χ2n) is 7.03. The quantitative estimate of drug-likeness (QED) is 0.694. The third-order valence-corrected chi connectivity index (χ3v) is 5.88. The molecule has 1 saturated heterocycles. The molecule has 3 nitrogen and oxygen atoms in total. The second-order valence-corrected chi connectivity index (χ2v) is 8.14. The SMILES string of the molecule is O=C(NCCSCc1ccccc1)C1CCCN(Cc2ccc(F)cc2)C1. The molecule has 1 amide bonds. The Morgan fingerprint density at radius 2 is 1.89 bits per heavy atom. The zero-order chi connectivity index (χ0) is 18.9. The number of rotatable bonds is 8. The summed E-state index contributed by atoms with van der Waals surface area (Å²) in [6, 6.07) is 17.0. The number of thioether (sulfide) groups is 1. The summed E-state index contributed by atoms with van der Waals surface area (Å²) >= 11 is 1.84. The van der Waals surface area contributed by atoms with E-state index in [9.17, 15) is 9.18 Å². The molecule has 0 saturated carbocycles. The van der Waals surface area contributed by atoms with Gasteiger partial charge in [-0.25, -0.2) is 4.39 Å². The zero-order valence-corrected chi connectivity index (χ0v) is 16.4. The van der Waals surface area contributed by atoms with Crippen molar-refractivity contribution in [2.75, 3.05) is 25.4 Å². The minimum absolute atomic E-state index is 0.0540. The number of nitrogens with one attached hydrogen (secondary N) is 1. The highest BCUT2D eigenvalue weighted by atomic mass is 32.2. The fraction of sp³-hybridized carbons (Fsp3) is 0.409. The first kappa shape index (κ1) is 19.9. The first-order chi connectivity index (χ1) is 13.2. The number of amides is 1. The average molecular weight is 387 g/mol. The summed E-state index contributed by atoms with van der Waals surface area (Å²) < 4.78 is 13.0. The standard InChI is InChI=1S/C22H27FN2OS/c23-21-10-8-18(9-11-21)15-25-13-4-7-20(16-25)22(26)24-12-14-27-17-19-5-2-1-3-6-19/h1-3,5-6,8-11,20H,4,7,12-17H2,(H,24,26). The molecule has 0 aromatic heterocycles. The van der Waals surface area contributed by atoms with E-state index in [0.29, 0.717) is 6.54 Å². The lowest BCUT2D eigenvalue weighted by atomic mass is 9.96. The molecule has 0 aliphatic carbocycles. The molecule has 1 unspecified atom stereocenters. The maximum absolute atomic E-state index is 13.0. The van der Waals surface area contributed by atoms with E-state index in [1.54, 1.807) is 0 Å². The lowest BCUT2D eigenvalue weighted by Gasteiger charge is -2.32. The smallest absolute Gasteiger partial charge is 0.224 e. The van der Waals surface area contributed by atoms with Crippen LogP contribution in [0.3, 0.4) is 0 Å². The number of likely N-dealkylation sites (tertiary alicyclic amines) is 1. The largest absolute Gasteiger partial charge is 0.355 e. The molecular weight excluding hydrogens is 359 g/mol. The first-order valence-corrected chi connectivity index (χ1v) is 10.7. The molecule has 27 heavy (non-hydrogen) atoms. The molecule has 144 valence electrons. The van der Waals surface area contributed by atoms with Crippen LogP contribution in [0.1, 0.15) is 24.0 Å². The average Bonchev–Trinajstić information content (AvgIpc) is 2.70. The van der Waals surface area contributed by atoms with E-state index in [-0.39, 0.29) is 17.6 Å². The molecule has 1 N–H and O–H groups in total. The van der Waals surface area contributed by atoms with Crippen LogP contribution in [0.2, 0.25) is 0 Å². The second kappa shape index (κ2) is 10.5. The number of hydrogen-bond acceptors (Lipinski definition) is 3. The molecule has 3 rings (SSSR count). The van der Waals surface area contributed by atoms with Gasteiger partial charge in [0.1, 0.15) is 5.82 Å². The maximum Gasteiger partial charge on any atom is 0.224 e. The number of halogens is 1. The van der Waals surface area contributed by atoms with E-state index < -0.39 is 0 Å². The predicted octanol–water partition coefficient (Wildman–Crippen LogP) is 4.09. The molecule has 0 spiro atoms. The Morgan fingerprint density at radius 1 is 1.11 bits per heavy atom. The molecule has 1 fully saturated rings. The number of benzene rings is 2. The number of carbonyl (C=O) groups excluding carboxylic acids is 1. The summed E-state index contributed by atoms with van der Waals surface area (Å²) in [6.45, 7) is 3.26. The molecule has 1 atom stereocenters. The van der Waals surface area contributed by atoms with Crippen molar-refractivity contribution in [2.24, 2.45) is 5.92 Å². The van der Waals surface area contributed by atoms with Gasteiger partial charge in [0.25, 0.3) is 0 Å². The van der Waals surface area contributed by atoms with Crippen LogP contribution in [-0.4, -0.2) is 36.2 Å². The number of piperidine rings is 1. The van der Waals surface area contributed by atoms with Crippen molar-refractivity contribution in [1.29, 1.82) is 0 Å². The molecule has 2 aromatic carbocycles. The zero-order valence-electron chi connectivity index (χ0n) is 15.6. The molecule has 1 aliphatic heterocycles. The Bertz CT molecular complexity index is 708. The van der Waals surface area contributed by atoms with Gasteiger partial charge in [-0.2, -0.15) is 11.8 Å². The van der Waals surface area contributed by atoms with Gasteiger partial charge >= 0.3 is 0 Å². The monoisotopic (exact) mass is 386 g/mol. The van der Waals surface area contributed by atoms with Crippen molar-refractivity contribution in [1.82, 2.24) is 10.2 Å². The molecule has 5 heteroatoms. The molecule has 2 aromatic rings. The van der Waals surface area contributed by atoms with Crippen LogP contribution in [0.4, 0.5) is 4.39 Å². The van der Waals surface area contributed by atoms with Crippen LogP contribution in [-0.2, 0) is 17.1 Å². The summed E-state index contributed by atoms with van der Waals surface area (Å²) in [5, 5.41) is 3.09. The molecule has 0 radical (unpaired) electrons. The molecule has 0 bridgehead atoms. The van der Waals surface area contributed by atoms with Crippen LogP contribution in [0, 0.1) is 11.7 Å². The Hall–Kier alpha value is -1.85. The summed E-state index contributed by atoms with van der Waals surface area (Å²) in [5.74, 6) is 1.91. The van der Waals surface area contributed by atoms with Crippen LogP contribution in [0.5, 0.6) is 0 Å². The van der Waals surface area contributed by atoms with Gasteiger partial charge in [0.15, 0.2) is 0 Å². The van der Waals surface area contributed by atoms with Crippen molar-refractivity contribution < 1.29 is 9.18 Å². The highest BCUT2D eigenvalue weighted by molar-refractivity contribution is 7.98. The lowest BCUT2D eigenvalue weighted by Crippen LogP contribution is -2.43. The summed E-state index contributed by atoms with van der Waals surface area (Å²) in [5.41, 5.74) is 2.41. The fourth-order valence-electron chi connectivity index (χ4n) is 3.42. The van der Waals surface area contributed by atoms with E-state index in [1.807, 2.05) is 30.0 Å². The fourth-order valence-corrected chi connectivity index (χ4v) is 4.24. The van der Waals surface area contributed by atoms with Crippen molar-refractivity contribution >= 4 is 17.7 Å². The summed E-state index contributed by atoms with van der Waals surface area (Å²) in [7, 11) is 0. The molecule has 1 heterocycles. The highest BCUT2D eigenvalue weighted by Gasteiger charge is 2.25. The van der Waals surface area contributed by atoms with E-state index in [0.717, 1.165) is 49.5 Å². The van der Waals surface area contributed by atoms with E-state index in [2.05, 4.69) is 34.5 Å². The van der Waals surface area contributed by atoms with Gasteiger partial charge < -0.3 is 5.32 Å². The topological polar surface area (TPSA) is 32.3 Å². The Morgan fingerprint density at radius 3 is 2.67 bits per heavy atom. The molecular formula is C22H27FN2OS. The van der Waals surface area contributed by atoms with Crippen molar-refractivity contribution in [3.05, 3.63) is 71.5 Å². The van der Waals surface area contributed by atoms with Crippen LogP contribution in [0.15, 0.2) is 54.6 Å². The van der Waals surface area contributed by atoms with Gasteiger partial charge in [-0.3, -0.25) is 9.69 Å². The third kappa shape index (κ3) is 6.67. The van der Waals surface area contributed by atoms with Gasteiger partial charge in [-0.1, -0.05) is 42.5 Å². The van der Waals surface area contributed by atoms with Crippen molar-refractivity contribution in [3.8, 4) is 0 Å². The van der Waals surface area contributed by atoms with Gasteiger partial charge in [-0.15, -0.1) is 0 Å². The third-order valence-electron chi connectivity index (χ3n) is 4.85. The van der Waals surface area contributed by atoms with Gasteiger partial charge in [0, 0.05) is 31.1 Å². The van der Waals surface area contributed by atoms with Crippen molar-refractivity contribution in [2.45, 2.75) is 25.1 Å². The van der Waals surface area contributed by atoms with Gasteiger partial charge in [0.05, 0.1) is 5.92 Å². The van der Waals surface area contributed by atoms with Crippen LogP contribution in [0.25, 0.3) is 0 Å². The Balaban J connectivity index is 1.36. The van der Waals surface area contributed by atoms with E-state index in [4.69, 9.17) is 0 Å². The molecule has 1 aliphatic rings. The van der Waals surface area contributed by atoms with E-state index >= 15 is 0 Å².